The van der Waals surface area contributed by atoms with Crippen LogP contribution < -0.4 is 0 Å². The molecule has 5 heterocycles. The highest BCUT2D eigenvalue weighted by molar-refractivity contribution is 5.87. The molecule has 0 amide bonds. The summed E-state index contributed by atoms with van der Waals surface area (Å²) >= 11 is 0. The SMILES string of the molecule is C=C(C)C(=O)OC1CC2OC1C1C3OC(C4OC(=O)OC43)C21. The molecule has 9 atom stereocenters. The highest BCUT2D eigenvalue weighted by Gasteiger charge is 2.74. The van der Waals surface area contributed by atoms with Crippen LogP contribution in [-0.4, -0.2) is 54.9 Å². The van der Waals surface area contributed by atoms with Crippen molar-refractivity contribution >= 4 is 12.1 Å². The summed E-state index contributed by atoms with van der Waals surface area (Å²) in [7, 11) is 0. The minimum Gasteiger partial charge on any atom is -0.456 e. The third-order valence-electron chi connectivity index (χ3n) is 5.53. The van der Waals surface area contributed by atoms with E-state index in [1.807, 2.05) is 0 Å². The molecule has 0 aromatic rings. The van der Waals surface area contributed by atoms with Crippen molar-refractivity contribution in [1.29, 1.82) is 0 Å². The molecule has 9 unspecified atom stereocenters. The third kappa shape index (κ3) is 1.43. The van der Waals surface area contributed by atoms with Gasteiger partial charge in [0.05, 0.1) is 6.10 Å². The van der Waals surface area contributed by atoms with Crippen LogP contribution in [0.15, 0.2) is 12.2 Å². The van der Waals surface area contributed by atoms with E-state index in [2.05, 4.69) is 6.58 Å². The van der Waals surface area contributed by atoms with Crippen LogP contribution in [0.3, 0.4) is 0 Å². The maximum Gasteiger partial charge on any atom is 0.509 e. The van der Waals surface area contributed by atoms with Crippen molar-refractivity contribution in [2.24, 2.45) is 11.8 Å². The zero-order valence-electron chi connectivity index (χ0n) is 12.0. The first-order valence-electron chi connectivity index (χ1n) is 7.59. The number of esters is 1. The summed E-state index contributed by atoms with van der Waals surface area (Å²) in [4.78, 5) is 23.1. The minimum atomic E-state index is -0.619. The van der Waals surface area contributed by atoms with Crippen molar-refractivity contribution in [2.75, 3.05) is 0 Å². The highest BCUT2D eigenvalue weighted by Crippen LogP contribution is 2.59. The number of rotatable bonds is 2. The maximum absolute atomic E-state index is 11.8. The van der Waals surface area contributed by atoms with E-state index in [0.717, 1.165) is 0 Å². The maximum atomic E-state index is 11.8. The number of fused-ring (bicyclic) bond motifs is 12. The fourth-order valence-electron chi connectivity index (χ4n) is 4.80. The van der Waals surface area contributed by atoms with Gasteiger partial charge in [0.1, 0.15) is 24.4 Å². The third-order valence-corrected chi connectivity index (χ3v) is 5.53. The van der Waals surface area contributed by atoms with Crippen molar-refractivity contribution in [1.82, 2.24) is 0 Å². The van der Waals surface area contributed by atoms with E-state index < -0.39 is 12.1 Å². The topological polar surface area (TPSA) is 80.3 Å². The molecule has 4 bridgehead atoms. The van der Waals surface area contributed by atoms with Crippen LogP contribution in [0.4, 0.5) is 4.79 Å². The van der Waals surface area contributed by atoms with Gasteiger partial charge in [-0.15, -0.1) is 0 Å². The summed E-state index contributed by atoms with van der Waals surface area (Å²) in [6.07, 6.45) is -1.54. The first-order valence-corrected chi connectivity index (χ1v) is 7.59. The van der Waals surface area contributed by atoms with Crippen LogP contribution in [0.2, 0.25) is 0 Å². The molecule has 0 spiro atoms. The molecule has 0 radical (unpaired) electrons. The molecule has 0 aromatic heterocycles. The van der Waals surface area contributed by atoms with Gasteiger partial charge < -0.3 is 23.7 Å². The van der Waals surface area contributed by atoms with Crippen LogP contribution in [0.5, 0.6) is 0 Å². The Labute approximate surface area is 126 Å². The fourth-order valence-corrected chi connectivity index (χ4v) is 4.80. The van der Waals surface area contributed by atoms with E-state index in [9.17, 15) is 9.59 Å². The van der Waals surface area contributed by atoms with E-state index >= 15 is 0 Å². The highest BCUT2D eigenvalue weighted by atomic mass is 16.8. The molecule has 5 aliphatic heterocycles. The molecule has 0 saturated carbocycles. The molecule has 7 nitrogen and oxygen atoms in total. The van der Waals surface area contributed by atoms with Crippen LogP contribution >= 0.6 is 0 Å². The van der Waals surface area contributed by atoms with Crippen LogP contribution in [0.25, 0.3) is 0 Å². The smallest absolute Gasteiger partial charge is 0.456 e. The molecule has 22 heavy (non-hydrogen) atoms. The molecule has 0 aromatic carbocycles. The zero-order valence-corrected chi connectivity index (χ0v) is 12.0. The van der Waals surface area contributed by atoms with E-state index in [1.54, 1.807) is 6.92 Å². The molecule has 0 aliphatic carbocycles. The first-order chi connectivity index (χ1) is 10.5. The molecular weight excluding hydrogens is 292 g/mol. The van der Waals surface area contributed by atoms with Crippen LogP contribution in [0, 0.1) is 11.8 Å². The Morgan fingerprint density at radius 2 is 1.77 bits per heavy atom. The summed E-state index contributed by atoms with van der Waals surface area (Å²) in [5.41, 5.74) is 0.377. The molecule has 7 heteroatoms. The predicted molar refractivity (Wildman–Crippen MR) is 68.8 cm³/mol. The van der Waals surface area contributed by atoms with Gasteiger partial charge in [-0.25, -0.2) is 9.59 Å². The predicted octanol–water partition coefficient (Wildman–Crippen LogP) is 0.563. The van der Waals surface area contributed by atoms with Crippen LogP contribution in [-0.2, 0) is 28.5 Å². The summed E-state index contributed by atoms with van der Waals surface area (Å²) in [5, 5.41) is 0. The Bertz CT molecular complexity index is 586. The average Bonchev–Trinajstić information content (AvgIpc) is 3.17. The van der Waals surface area contributed by atoms with Gasteiger partial charge in [0.2, 0.25) is 0 Å². The molecule has 0 N–H and O–H groups in total. The van der Waals surface area contributed by atoms with Crippen LogP contribution in [0.1, 0.15) is 13.3 Å². The first kappa shape index (κ1) is 12.9. The molecule has 5 saturated heterocycles. The summed E-state index contributed by atoms with van der Waals surface area (Å²) in [6.45, 7) is 5.23. The second-order valence-electron chi connectivity index (χ2n) is 6.73. The number of carbonyl (C=O) groups is 2. The Morgan fingerprint density at radius 3 is 2.45 bits per heavy atom. The normalized spacial score (nSPS) is 53.0. The monoisotopic (exact) mass is 308 g/mol. The van der Waals surface area contributed by atoms with Gasteiger partial charge in [-0.2, -0.15) is 0 Å². The van der Waals surface area contributed by atoms with Crippen molar-refractivity contribution in [3.8, 4) is 0 Å². The quantitative estimate of drug-likeness (QED) is 0.545. The second-order valence-corrected chi connectivity index (χ2v) is 6.73. The van der Waals surface area contributed by atoms with E-state index in [0.29, 0.717) is 12.0 Å². The minimum absolute atomic E-state index is 0.0202. The zero-order chi connectivity index (χ0) is 15.2. The van der Waals surface area contributed by atoms with Gasteiger partial charge in [0.15, 0.2) is 12.2 Å². The Kier molecular flexibility index (Phi) is 2.36. The molecule has 5 aliphatic rings. The fraction of sp³-hybridized carbons (Fsp3) is 0.733. The number of carbonyl (C=O) groups excluding carboxylic acids is 2. The van der Waals surface area contributed by atoms with E-state index in [1.165, 1.54) is 0 Å². The van der Waals surface area contributed by atoms with Crippen molar-refractivity contribution in [3.63, 3.8) is 0 Å². The number of ether oxygens (including phenoxy) is 5. The lowest BCUT2D eigenvalue weighted by molar-refractivity contribution is -0.149. The molecule has 5 fully saturated rings. The van der Waals surface area contributed by atoms with Gasteiger partial charge in [-0.3, -0.25) is 0 Å². The van der Waals surface area contributed by atoms with Gasteiger partial charge in [0, 0.05) is 23.8 Å². The van der Waals surface area contributed by atoms with Gasteiger partial charge in [0.25, 0.3) is 0 Å². The second kappa shape index (κ2) is 4.02. The molecular formula is C15H16O7. The average molecular weight is 308 g/mol. The number of hydrogen-bond acceptors (Lipinski definition) is 7. The Morgan fingerprint density at radius 1 is 1.09 bits per heavy atom. The van der Waals surface area contributed by atoms with Crippen molar-refractivity contribution in [3.05, 3.63) is 12.2 Å². The lowest BCUT2D eigenvalue weighted by Gasteiger charge is -2.35. The lowest BCUT2D eigenvalue weighted by atomic mass is 9.68. The Balaban J connectivity index is 1.39. The van der Waals surface area contributed by atoms with E-state index in [-0.39, 0.29) is 54.6 Å². The lowest BCUT2D eigenvalue weighted by Crippen LogP contribution is -2.52. The summed E-state index contributed by atoms with van der Waals surface area (Å²) < 4.78 is 28.0. The van der Waals surface area contributed by atoms with E-state index in [4.69, 9.17) is 23.7 Å². The van der Waals surface area contributed by atoms with Crippen molar-refractivity contribution in [2.45, 2.75) is 56.1 Å². The number of hydrogen-bond donors (Lipinski definition) is 0. The summed E-state index contributed by atoms with van der Waals surface area (Å²) in [5.74, 6) is -0.122. The van der Waals surface area contributed by atoms with Gasteiger partial charge in [-0.1, -0.05) is 6.58 Å². The largest absolute Gasteiger partial charge is 0.509 e. The van der Waals surface area contributed by atoms with Gasteiger partial charge in [-0.05, 0) is 6.92 Å². The van der Waals surface area contributed by atoms with Gasteiger partial charge >= 0.3 is 12.1 Å². The molecule has 5 rings (SSSR count). The van der Waals surface area contributed by atoms with Crippen molar-refractivity contribution < 1.29 is 33.3 Å². The molecule has 118 valence electrons. The standard InChI is InChI=1S/C15H16O7/c1-4(2)14(16)19-6-3-5-7-8(9(6)18-5)11-13-12(10(7)20-11)21-15(17)22-13/h5-13H,1,3H2,2H3. The summed E-state index contributed by atoms with van der Waals surface area (Å²) in [6, 6.07) is 0. The Hall–Kier alpha value is -1.60.